The molecule has 3 atom stereocenters. The van der Waals surface area contributed by atoms with Crippen molar-refractivity contribution in [2.45, 2.75) is 32.7 Å². The topological polar surface area (TPSA) is 26.0 Å². The van der Waals surface area contributed by atoms with E-state index in [0.29, 0.717) is 11.5 Å². The van der Waals surface area contributed by atoms with Crippen LogP contribution in [0.15, 0.2) is 0 Å². The van der Waals surface area contributed by atoms with Gasteiger partial charge in [-0.2, -0.15) is 11.8 Å². The normalized spacial score (nSPS) is 45.8. The van der Waals surface area contributed by atoms with Crippen LogP contribution in [0.3, 0.4) is 0 Å². The first-order chi connectivity index (χ1) is 5.64. The lowest BCUT2D eigenvalue weighted by atomic mass is 9.94. The summed E-state index contributed by atoms with van der Waals surface area (Å²) in [5.41, 5.74) is 6.51. The summed E-state index contributed by atoms with van der Waals surface area (Å²) in [7, 11) is 0. The molecule has 70 valence electrons. The molecule has 1 heterocycles. The third kappa shape index (κ3) is 1.29. The molecular weight excluding hydrogens is 166 g/mol. The predicted molar refractivity (Wildman–Crippen MR) is 55.3 cm³/mol. The minimum atomic E-state index is 0.447. The molecular formula is C10H19NS. The smallest absolute Gasteiger partial charge is 0.0131 e. The minimum Gasteiger partial charge on any atom is -0.327 e. The number of hydrogen-bond acceptors (Lipinski definition) is 2. The van der Waals surface area contributed by atoms with Crippen LogP contribution in [0.2, 0.25) is 0 Å². The zero-order valence-electron chi connectivity index (χ0n) is 8.05. The van der Waals surface area contributed by atoms with Gasteiger partial charge >= 0.3 is 0 Å². The first kappa shape index (κ1) is 8.89. The molecule has 2 heteroatoms. The molecule has 0 aromatic carbocycles. The lowest BCUT2D eigenvalue weighted by molar-refractivity contribution is 0.396. The SMILES string of the molecule is CC1(C)[C@H](N)[C@H]1C1CCCSC1. The Kier molecular flexibility index (Phi) is 2.16. The van der Waals surface area contributed by atoms with Crippen molar-refractivity contribution in [3.8, 4) is 0 Å². The van der Waals surface area contributed by atoms with Gasteiger partial charge in [0.05, 0.1) is 0 Å². The van der Waals surface area contributed by atoms with Crippen LogP contribution in [-0.2, 0) is 0 Å². The van der Waals surface area contributed by atoms with Crippen LogP contribution in [0.5, 0.6) is 0 Å². The zero-order valence-corrected chi connectivity index (χ0v) is 8.86. The van der Waals surface area contributed by atoms with Crippen molar-refractivity contribution in [1.29, 1.82) is 0 Å². The fourth-order valence-electron chi connectivity index (χ4n) is 2.67. The van der Waals surface area contributed by atoms with E-state index in [-0.39, 0.29) is 0 Å². The standard InChI is InChI=1S/C10H19NS/c1-10(2)8(9(10)11)7-4-3-5-12-6-7/h7-9H,3-6,11H2,1-2H3/t7?,8-,9-/m1/s1. The average Bonchev–Trinajstić information content (AvgIpc) is 2.53. The largest absolute Gasteiger partial charge is 0.327 e. The van der Waals surface area contributed by atoms with Crippen LogP contribution in [0.1, 0.15) is 26.7 Å². The van der Waals surface area contributed by atoms with Gasteiger partial charge < -0.3 is 5.73 Å². The number of thioether (sulfide) groups is 1. The van der Waals surface area contributed by atoms with Crippen LogP contribution in [-0.4, -0.2) is 17.5 Å². The van der Waals surface area contributed by atoms with E-state index in [2.05, 4.69) is 25.6 Å². The Morgan fingerprint density at radius 3 is 2.50 bits per heavy atom. The van der Waals surface area contributed by atoms with Gasteiger partial charge in [0.1, 0.15) is 0 Å². The van der Waals surface area contributed by atoms with E-state index in [4.69, 9.17) is 5.73 Å². The van der Waals surface area contributed by atoms with E-state index < -0.39 is 0 Å². The van der Waals surface area contributed by atoms with Crippen molar-refractivity contribution in [2.24, 2.45) is 23.0 Å². The molecule has 0 radical (unpaired) electrons. The molecule has 0 aromatic heterocycles. The second-order valence-corrected chi connectivity index (χ2v) is 6.00. The summed E-state index contributed by atoms with van der Waals surface area (Å²) in [6.07, 6.45) is 2.84. The van der Waals surface area contributed by atoms with Gasteiger partial charge in [-0.1, -0.05) is 13.8 Å². The highest BCUT2D eigenvalue weighted by atomic mass is 32.2. The highest BCUT2D eigenvalue weighted by Gasteiger charge is 2.58. The summed E-state index contributed by atoms with van der Waals surface area (Å²) < 4.78 is 0. The summed E-state index contributed by atoms with van der Waals surface area (Å²) in [4.78, 5) is 0. The lowest BCUT2D eigenvalue weighted by Crippen LogP contribution is -2.17. The van der Waals surface area contributed by atoms with Crippen LogP contribution in [0, 0.1) is 17.3 Å². The maximum atomic E-state index is 6.07. The molecule has 2 fully saturated rings. The highest BCUT2D eigenvalue weighted by molar-refractivity contribution is 7.99. The molecule has 1 unspecified atom stereocenters. The van der Waals surface area contributed by atoms with E-state index in [1.54, 1.807) is 0 Å². The third-order valence-corrected chi connectivity index (χ3v) is 4.94. The van der Waals surface area contributed by atoms with Crippen LogP contribution in [0.25, 0.3) is 0 Å². The van der Waals surface area contributed by atoms with Crippen molar-refractivity contribution >= 4 is 11.8 Å². The van der Waals surface area contributed by atoms with E-state index in [0.717, 1.165) is 11.8 Å². The molecule has 0 amide bonds. The Balaban J connectivity index is 1.93. The van der Waals surface area contributed by atoms with Crippen molar-refractivity contribution < 1.29 is 0 Å². The van der Waals surface area contributed by atoms with Gasteiger partial charge in [0.15, 0.2) is 0 Å². The van der Waals surface area contributed by atoms with Gasteiger partial charge in [-0.25, -0.2) is 0 Å². The van der Waals surface area contributed by atoms with Crippen molar-refractivity contribution in [1.82, 2.24) is 0 Å². The Hall–Kier alpha value is 0.310. The minimum absolute atomic E-state index is 0.447. The Bertz CT molecular complexity index is 173. The van der Waals surface area contributed by atoms with Crippen LogP contribution < -0.4 is 5.73 Å². The van der Waals surface area contributed by atoms with E-state index in [9.17, 15) is 0 Å². The molecule has 1 nitrogen and oxygen atoms in total. The van der Waals surface area contributed by atoms with Crippen molar-refractivity contribution in [3.05, 3.63) is 0 Å². The Morgan fingerprint density at radius 1 is 1.42 bits per heavy atom. The fourth-order valence-corrected chi connectivity index (χ4v) is 3.88. The first-order valence-electron chi connectivity index (χ1n) is 4.97. The fraction of sp³-hybridized carbons (Fsp3) is 1.00. The second kappa shape index (κ2) is 2.91. The van der Waals surface area contributed by atoms with Gasteiger partial charge in [0.2, 0.25) is 0 Å². The van der Waals surface area contributed by atoms with E-state index >= 15 is 0 Å². The zero-order chi connectivity index (χ0) is 8.77. The van der Waals surface area contributed by atoms with Gasteiger partial charge in [0, 0.05) is 6.04 Å². The number of rotatable bonds is 1. The molecule has 1 aliphatic carbocycles. The molecule has 0 spiro atoms. The Morgan fingerprint density at radius 2 is 2.08 bits per heavy atom. The van der Waals surface area contributed by atoms with Crippen molar-refractivity contribution in [2.75, 3.05) is 11.5 Å². The quantitative estimate of drug-likeness (QED) is 0.677. The predicted octanol–water partition coefficient (Wildman–Crippen LogP) is 2.11. The van der Waals surface area contributed by atoms with E-state index in [1.807, 2.05) is 0 Å². The summed E-state index contributed by atoms with van der Waals surface area (Å²) in [6, 6.07) is 0.487. The molecule has 1 saturated carbocycles. The Labute approximate surface area is 79.5 Å². The van der Waals surface area contributed by atoms with Gasteiger partial charge in [0.25, 0.3) is 0 Å². The molecule has 0 bridgehead atoms. The molecule has 2 N–H and O–H groups in total. The molecule has 0 aromatic rings. The van der Waals surface area contributed by atoms with Crippen molar-refractivity contribution in [3.63, 3.8) is 0 Å². The highest BCUT2D eigenvalue weighted by Crippen LogP contribution is 2.56. The molecule has 1 saturated heterocycles. The average molecular weight is 185 g/mol. The summed E-state index contributed by atoms with van der Waals surface area (Å²) in [5, 5.41) is 0. The van der Waals surface area contributed by atoms with Crippen LogP contribution in [0.4, 0.5) is 0 Å². The first-order valence-corrected chi connectivity index (χ1v) is 6.13. The molecule has 2 rings (SSSR count). The molecule has 12 heavy (non-hydrogen) atoms. The van der Waals surface area contributed by atoms with Gasteiger partial charge in [-0.3, -0.25) is 0 Å². The molecule has 1 aliphatic heterocycles. The summed E-state index contributed by atoms with van der Waals surface area (Å²) in [6.45, 7) is 4.64. The summed E-state index contributed by atoms with van der Waals surface area (Å²) in [5.74, 6) is 4.49. The monoisotopic (exact) mass is 185 g/mol. The van der Waals surface area contributed by atoms with Gasteiger partial charge in [-0.15, -0.1) is 0 Å². The number of hydrogen-bond donors (Lipinski definition) is 1. The van der Waals surface area contributed by atoms with Crippen LogP contribution >= 0.6 is 11.8 Å². The number of nitrogens with two attached hydrogens (primary N) is 1. The maximum absolute atomic E-state index is 6.07. The lowest BCUT2D eigenvalue weighted by Gasteiger charge is -2.22. The van der Waals surface area contributed by atoms with E-state index in [1.165, 1.54) is 24.3 Å². The summed E-state index contributed by atoms with van der Waals surface area (Å²) >= 11 is 2.12. The maximum Gasteiger partial charge on any atom is 0.0131 e. The second-order valence-electron chi connectivity index (χ2n) is 4.85. The molecule has 2 aliphatic rings. The van der Waals surface area contributed by atoms with Gasteiger partial charge in [-0.05, 0) is 41.6 Å². The third-order valence-electron chi connectivity index (χ3n) is 3.70.